The van der Waals surface area contributed by atoms with Crippen molar-refractivity contribution in [2.24, 2.45) is 0 Å². The van der Waals surface area contributed by atoms with Gasteiger partial charge in [-0.25, -0.2) is 0 Å². The van der Waals surface area contributed by atoms with Crippen molar-refractivity contribution in [3.05, 3.63) is 0 Å². The normalized spacial score (nSPS) is 10.0. The summed E-state index contributed by atoms with van der Waals surface area (Å²) in [4.78, 5) is 58.6. The van der Waals surface area contributed by atoms with Crippen LogP contribution in [-0.2, 0) is 24.0 Å². The first kappa shape index (κ1) is 36.1. The Hall–Kier alpha value is -1.29. The maximum absolute atomic E-state index is 11.2. The summed E-state index contributed by atoms with van der Waals surface area (Å²) in [6.45, 7) is -0.314. The summed E-state index contributed by atoms with van der Waals surface area (Å²) in [5.74, 6) is -4.94. The van der Waals surface area contributed by atoms with Gasteiger partial charge < -0.3 is 25.9 Å². The summed E-state index contributed by atoms with van der Waals surface area (Å²) in [6, 6.07) is 0. The van der Waals surface area contributed by atoms with E-state index >= 15 is 0 Å². The molecule has 0 saturated carbocycles. The van der Waals surface area contributed by atoms with E-state index in [4.69, 9.17) is 20.4 Å². The fourth-order valence-electron chi connectivity index (χ4n) is 2.34. The third kappa shape index (κ3) is 21.4. The van der Waals surface area contributed by atoms with Crippen molar-refractivity contribution in [2.75, 3.05) is 58.9 Å². The molecule has 6 N–H and O–H groups in total. The van der Waals surface area contributed by atoms with E-state index in [2.05, 4.69) is 0 Å². The van der Waals surface area contributed by atoms with Crippen LogP contribution in [0.4, 0.5) is 0 Å². The van der Waals surface area contributed by atoms with Gasteiger partial charge in [0.05, 0.1) is 32.7 Å². The third-order valence-electron chi connectivity index (χ3n) is 3.35. The molecule has 0 aliphatic rings. The molecule has 0 bridgehead atoms. The van der Waals surface area contributed by atoms with Crippen LogP contribution >= 0.6 is 0 Å². The summed E-state index contributed by atoms with van der Waals surface area (Å²) < 4.78 is 0. The molecule has 0 aromatic carbocycles. The van der Waals surface area contributed by atoms with E-state index < -0.39 is 43.5 Å². The van der Waals surface area contributed by atoms with E-state index in [1.807, 2.05) is 0 Å². The standard InChI is InChI=1S/C15H25N3O9.CH4.Gd.H2O/c1-11(19)6-17(8-13(22)23)4-2-16(7-12(20)21)3-5-18(9-14(24)25)10-15(26)27;;;/h2-10H2,1H3,(H,20,21)(H,22,23)(H,24,25)(H,26,27);1H4;;1H2/q;;+3;. The number of Topliss-reactive ketones (excluding diaryl/α,β-unsaturated/α-hetero) is 1. The van der Waals surface area contributed by atoms with Crippen LogP contribution in [0, 0.1) is 39.9 Å². The monoisotopic (exact) mass is 583 g/mol. The Morgan fingerprint density at radius 1 is 0.567 bits per heavy atom. The number of ketones is 1. The molecule has 0 heterocycles. The molecule has 13 nitrogen and oxygen atoms in total. The van der Waals surface area contributed by atoms with E-state index in [-0.39, 0.29) is 97.9 Å². The van der Waals surface area contributed by atoms with E-state index in [1.165, 1.54) is 16.7 Å². The molecular formula is C16H31GdN3O10+3. The molecule has 0 aliphatic heterocycles. The summed E-state index contributed by atoms with van der Waals surface area (Å²) in [5, 5.41) is 35.5. The number of carboxylic acid groups (broad SMARTS) is 4. The van der Waals surface area contributed by atoms with Crippen molar-refractivity contribution in [3.8, 4) is 0 Å². The Morgan fingerprint density at radius 3 is 1.07 bits per heavy atom. The second-order valence-electron chi connectivity index (χ2n) is 5.97. The van der Waals surface area contributed by atoms with Crippen LogP contribution in [-0.4, -0.2) is 129 Å². The second-order valence-corrected chi connectivity index (χ2v) is 5.97. The minimum absolute atomic E-state index is 0. The predicted octanol–water partition coefficient (Wildman–Crippen LogP) is -2.37. The Kier molecular flexibility index (Phi) is 23.7. The van der Waals surface area contributed by atoms with Gasteiger partial charge in [0.15, 0.2) is 0 Å². The van der Waals surface area contributed by atoms with Gasteiger partial charge in [0.1, 0.15) is 5.78 Å². The molecule has 0 fully saturated rings. The van der Waals surface area contributed by atoms with Gasteiger partial charge >= 0.3 is 63.8 Å². The minimum atomic E-state index is -1.21. The number of carboxylic acids is 4. The average Bonchev–Trinajstić information content (AvgIpc) is 2.46. The van der Waals surface area contributed by atoms with Gasteiger partial charge in [0.25, 0.3) is 0 Å². The predicted molar refractivity (Wildman–Crippen MR) is 101 cm³/mol. The van der Waals surface area contributed by atoms with Crippen LogP contribution in [0.25, 0.3) is 0 Å². The van der Waals surface area contributed by atoms with Gasteiger partial charge in [0.2, 0.25) is 0 Å². The van der Waals surface area contributed by atoms with Gasteiger partial charge in [-0.1, -0.05) is 7.43 Å². The van der Waals surface area contributed by atoms with Crippen molar-refractivity contribution >= 4 is 29.7 Å². The number of hydrogen-bond donors (Lipinski definition) is 4. The SMILES string of the molecule is C.CC(=O)CN(CCN(CCN(CC(=O)O)CC(=O)O)CC(=O)O)CC(=O)O.O.[Gd+3]. The third-order valence-corrected chi connectivity index (χ3v) is 3.35. The van der Waals surface area contributed by atoms with E-state index in [0.29, 0.717) is 0 Å². The summed E-state index contributed by atoms with van der Waals surface area (Å²) in [5.41, 5.74) is 0. The van der Waals surface area contributed by atoms with Crippen molar-refractivity contribution in [3.63, 3.8) is 0 Å². The maximum Gasteiger partial charge on any atom is 3.00 e. The molecule has 0 amide bonds. The van der Waals surface area contributed by atoms with E-state index in [1.54, 1.807) is 0 Å². The molecule has 0 aliphatic carbocycles. The molecule has 0 atom stereocenters. The Labute approximate surface area is 206 Å². The van der Waals surface area contributed by atoms with Gasteiger partial charge in [-0.05, 0) is 6.92 Å². The Balaban J connectivity index is -0.00000113. The van der Waals surface area contributed by atoms with Crippen LogP contribution < -0.4 is 0 Å². The summed E-state index contributed by atoms with van der Waals surface area (Å²) in [6.07, 6.45) is 0. The molecule has 0 aromatic heterocycles. The fraction of sp³-hybridized carbons (Fsp3) is 0.688. The fourth-order valence-corrected chi connectivity index (χ4v) is 2.34. The van der Waals surface area contributed by atoms with Gasteiger partial charge in [0, 0.05) is 26.2 Å². The van der Waals surface area contributed by atoms with Gasteiger partial charge in [-0.3, -0.25) is 38.7 Å². The van der Waals surface area contributed by atoms with Crippen LogP contribution in [0.3, 0.4) is 0 Å². The van der Waals surface area contributed by atoms with E-state index in [0.717, 1.165) is 4.90 Å². The summed E-state index contributed by atoms with van der Waals surface area (Å²) >= 11 is 0. The molecule has 175 valence electrons. The van der Waals surface area contributed by atoms with Crippen LogP contribution in [0.5, 0.6) is 0 Å². The maximum atomic E-state index is 11.2. The molecule has 0 saturated heterocycles. The molecular weight excluding hydrogens is 551 g/mol. The first-order valence-electron chi connectivity index (χ1n) is 8.03. The minimum Gasteiger partial charge on any atom is -0.480 e. The second kappa shape index (κ2) is 19.7. The molecule has 14 heteroatoms. The quantitative estimate of drug-likeness (QED) is 0.151. The van der Waals surface area contributed by atoms with Gasteiger partial charge in [-0.15, -0.1) is 0 Å². The molecule has 1 radical (unpaired) electrons. The number of aliphatic carboxylic acids is 4. The molecule has 0 aromatic rings. The van der Waals surface area contributed by atoms with Gasteiger partial charge in [-0.2, -0.15) is 0 Å². The number of carbonyl (C=O) groups is 5. The number of hydrogen-bond acceptors (Lipinski definition) is 8. The number of rotatable bonds is 16. The van der Waals surface area contributed by atoms with Crippen molar-refractivity contribution < 1.29 is 89.8 Å². The molecule has 30 heavy (non-hydrogen) atoms. The largest absolute Gasteiger partial charge is 3.00 e. The first-order valence-corrected chi connectivity index (χ1v) is 8.03. The first-order chi connectivity index (χ1) is 12.5. The zero-order valence-electron chi connectivity index (χ0n) is 15.9. The summed E-state index contributed by atoms with van der Waals surface area (Å²) in [7, 11) is 0. The van der Waals surface area contributed by atoms with E-state index in [9.17, 15) is 24.0 Å². The smallest absolute Gasteiger partial charge is 0.480 e. The zero-order chi connectivity index (χ0) is 21.0. The van der Waals surface area contributed by atoms with Crippen LogP contribution in [0.1, 0.15) is 14.4 Å². The van der Waals surface area contributed by atoms with Crippen molar-refractivity contribution in [1.29, 1.82) is 0 Å². The topological polar surface area (TPSA) is 207 Å². The zero-order valence-corrected chi connectivity index (χ0v) is 18.2. The van der Waals surface area contributed by atoms with Crippen molar-refractivity contribution in [1.82, 2.24) is 14.7 Å². The van der Waals surface area contributed by atoms with Crippen molar-refractivity contribution in [2.45, 2.75) is 14.4 Å². The Bertz CT molecular complexity index is 489. The molecule has 0 rings (SSSR count). The number of nitrogens with zero attached hydrogens (tertiary/aromatic N) is 3. The average molecular weight is 583 g/mol. The van der Waals surface area contributed by atoms with Crippen LogP contribution in [0.2, 0.25) is 0 Å². The van der Waals surface area contributed by atoms with Crippen LogP contribution in [0.15, 0.2) is 0 Å². The Morgan fingerprint density at radius 2 is 0.800 bits per heavy atom. The molecule has 0 spiro atoms. The molecule has 0 unspecified atom stereocenters. The number of carbonyl (C=O) groups excluding carboxylic acids is 1.